The predicted octanol–water partition coefficient (Wildman–Crippen LogP) is 1.45. The molecule has 5 heteroatoms. The van der Waals surface area contributed by atoms with Crippen LogP contribution in [0.4, 0.5) is 5.69 Å². The summed E-state index contributed by atoms with van der Waals surface area (Å²) in [4.78, 5) is 23.1. The second-order valence-electron chi connectivity index (χ2n) is 4.11. The van der Waals surface area contributed by atoms with Crippen LogP contribution >= 0.6 is 0 Å². The van der Waals surface area contributed by atoms with Gasteiger partial charge in [0.1, 0.15) is 0 Å². The summed E-state index contributed by atoms with van der Waals surface area (Å²) in [6, 6.07) is 18.5. The van der Waals surface area contributed by atoms with Gasteiger partial charge in [-0.25, -0.2) is 0 Å². The largest absolute Gasteiger partial charge is 0.344 e. The van der Waals surface area contributed by atoms with Crippen molar-refractivity contribution in [2.24, 2.45) is 0 Å². The summed E-state index contributed by atoms with van der Waals surface area (Å²) in [6.45, 7) is 0.318. The lowest BCUT2D eigenvalue weighted by atomic mass is 10.2. The molecule has 0 saturated carbocycles. The van der Waals surface area contributed by atoms with Gasteiger partial charge in [0.05, 0.1) is 5.69 Å². The molecule has 102 valence electrons. The molecule has 3 N–H and O–H groups in total. The normalized spacial score (nSPS) is 9.60. The Balaban J connectivity index is 1.76. The highest BCUT2D eigenvalue weighted by molar-refractivity contribution is 6.35. The molecule has 0 fully saturated rings. The Morgan fingerprint density at radius 2 is 1.40 bits per heavy atom. The van der Waals surface area contributed by atoms with Gasteiger partial charge in [0, 0.05) is 6.54 Å². The molecule has 0 saturated heterocycles. The van der Waals surface area contributed by atoms with Crippen LogP contribution in [-0.2, 0) is 16.1 Å². The fraction of sp³-hybridized carbons (Fsp3) is 0.0667. The molecule has 0 unspecified atom stereocenters. The Morgan fingerprint density at radius 3 is 2.05 bits per heavy atom. The maximum absolute atomic E-state index is 11.6. The highest BCUT2D eigenvalue weighted by atomic mass is 16.2. The van der Waals surface area contributed by atoms with E-state index in [1.54, 1.807) is 12.1 Å². The monoisotopic (exact) mass is 269 g/mol. The van der Waals surface area contributed by atoms with Crippen molar-refractivity contribution in [3.05, 3.63) is 66.2 Å². The third-order valence-electron chi connectivity index (χ3n) is 2.60. The van der Waals surface area contributed by atoms with E-state index in [0.717, 1.165) is 5.56 Å². The van der Waals surface area contributed by atoms with E-state index in [1.807, 2.05) is 48.5 Å². The highest BCUT2D eigenvalue weighted by Crippen LogP contribution is 2.02. The van der Waals surface area contributed by atoms with Gasteiger partial charge in [0.2, 0.25) is 0 Å². The maximum atomic E-state index is 11.6. The van der Waals surface area contributed by atoms with Gasteiger partial charge in [-0.2, -0.15) is 0 Å². The van der Waals surface area contributed by atoms with E-state index in [-0.39, 0.29) is 0 Å². The summed E-state index contributed by atoms with van der Waals surface area (Å²) in [6.07, 6.45) is 0. The summed E-state index contributed by atoms with van der Waals surface area (Å²) in [5.41, 5.74) is 6.64. The van der Waals surface area contributed by atoms with Crippen LogP contribution in [-0.4, -0.2) is 11.8 Å². The molecule has 0 heterocycles. The lowest BCUT2D eigenvalue weighted by Crippen LogP contribution is -2.42. The minimum atomic E-state index is -0.732. The molecule has 0 aromatic heterocycles. The number of nitrogens with one attached hydrogen (secondary N) is 3. The van der Waals surface area contributed by atoms with Crippen LogP contribution in [0.3, 0.4) is 0 Å². The Labute approximate surface area is 117 Å². The average Bonchev–Trinajstić information content (AvgIpc) is 2.52. The SMILES string of the molecule is O=C(NCc1ccccc1)C(=O)NNc1ccccc1. The first-order valence-electron chi connectivity index (χ1n) is 6.19. The number of benzene rings is 2. The lowest BCUT2D eigenvalue weighted by Gasteiger charge is -2.08. The minimum Gasteiger partial charge on any atom is -0.344 e. The van der Waals surface area contributed by atoms with Crippen LogP contribution in [0.5, 0.6) is 0 Å². The number of carbonyl (C=O) groups excluding carboxylic acids is 2. The molecule has 2 aromatic carbocycles. The summed E-state index contributed by atoms with van der Waals surface area (Å²) in [5.74, 6) is -1.41. The Bertz CT molecular complexity index is 517. The predicted molar refractivity (Wildman–Crippen MR) is 76.5 cm³/mol. The van der Waals surface area contributed by atoms with Gasteiger partial charge in [-0.3, -0.25) is 20.4 Å². The van der Waals surface area contributed by atoms with Crippen molar-refractivity contribution in [3.63, 3.8) is 0 Å². The number of hydrazine groups is 1. The van der Waals surface area contributed by atoms with Crippen LogP contribution in [0.2, 0.25) is 0 Å². The molecule has 2 rings (SSSR count). The van der Waals surface area contributed by atoms with Gasteiger partial charge >= 0.3 is 11.8 Å². The van der Waals surface area contributed by atoms with E-state index in [9.17, 15) is 9.59 Å². The van der Waals surface area contributed by atoms with Crippen LogP contribution in [0, 0.1) is 0 Å². The molecule has 5 nitrogen and oxygen atoms in total. The van der Waals surface area contributed by atoms with Crippen molar-refractivity contribution in [2.45, 2.75) is 6.54 Å². The van der Waals surface area contributed by atoms with Crippen LogP contribution in [0.25, 0.3) is 0 Å². The van der Waals surface area contributed by atoms with Gasteiger partial charge in [0.15, 0.2) is 0 Å². The minimum absolute atomic E-state index is 0.318. The van der Waals surface area contributed by atoms with E-state index < -0.39 is 11.8 Å². The van der Waals surface area contributed by atoms with Crippen LogP contribution in [0.1, 0.15) is 5.56 Å². The molecule has 0 bridgehead atoms. The number of carbonyl (C=O) groups is 2. The molecule has 0 atom stereocenters. The van der Waals surface area contributed by atoms with Crippen molar-refractivity contribution in [1.29, 1.82) is 0 Å². The Morgan fingerprint density at radius 1 is 0.800 bits per heavy atom. The van der Waals surface area contributed by atoms with Gasteiger partial charge in [0.25, 0.3) is 0 Å². The number of hydrogen-bond acceptors (Lipinski definition) is 3. The fourth-order valence-corrected chi connectivity index (χ4v) is 1.57. The smallest absolute Gasteiger partial charge is 0.327 e. The topological polar surface area (TPSA) is 70.2 Å². The first-order valence-corrected chi connectivity index (χ1v) is 6.19. The molecule has 0 radical (unpaired) electrons. The van der Waals surface area contributed by atoms with Crippen molar-refractivity contribution in [3.8, 4) is 0 Å². The summed E-state index contributed by atoms with van der Waals surface area (Å²) < 4.78 is 0. The van der Waals surface area contributed by atoms with Crippen LogP contribution < -0.4 is 16.2 Å². The van der Waals surface area contributed by atoms with Crippen molar-refractivity contribution < 1.29 is 9.59 Å². The molecule has 2 aromatic rings. The zero-order valence-corrected chi connectivity index (χ0v) is 10.8. The third kappa shape index (κ3) is 4.13. The standard InChI is InChI=1S/C15H15N3O2/c19-14(16-11-12-7-3-1-4-8-12)15(20)18-17-13-9-5-2-6-10-13/h1-10,17H,11H2,(H,16,19)(H,18,20). The van der Waals surface area contributed by atoms with E-state index in [4.69, 9.17) is 0 Å². The number of rotatable bonds is 4. The molecular weight excluding hydrogens is 254 g/mol. The van der Waals surface area contributed by atoms with Crippen molar-refractivity contribution in [2.75, 3.05) is 5.43 Å². The Kier molecular flexibility index (Phi) is 4.72. The van der Waals surface area contributed by atoms with Crippen molar-refractivity contribution in [1.82, 2.24) is 10.7 Å². The molecule has 0 aliphatic rings. The number of hydrogen-bond donors (Lipinski definition) is 3. The molecule has 0 aliphatic carbocycles. The summed E-state index contributed by atoms with van der Waals surface area (Å²) in [5, 5.41) is 2.54. The summed E-state index contributed by atoms with van der Waals surface area (Å²) in [7, 11) is 0. The zero-order valence-electron chi connectivity index (χ0n) is 10.8. The van der Waals surface area contributed by atoms with E-state index in [2.05, 4.69) is 16.2 Å². The second kappa shape index (κ2) is 6.94. The van der Waals surface area contributed by atoms with Gasteiger partial charge in [-0.15, -0.1) is 0 Å². The van der Waals surface area contributed by atoms with Crippen molar-refractivity contribution >= 4 is 17.5 Å². The van der Waals surface area contributed by atoms with Gasteiger partial charge in [-0.1, -0.05) is 48.5 Å². The second-order valence-corrected chi connectivity index (χ2v) is 4.11. The first-order chi connectivity index (χ1) is 9.75. The quantitative estimate of drug-likeness (QED) is 0.581. The highest BCUT2D eigenvalue weighted by Gasteiger charge is 2.12. The molecular formula is C15H15N3O2. The molecule has 20 heavy (non-hydrogen) atoms. The number of anilines is 1. The fourth-order valence-electron chi connectivity index (χ4n) is 1.57. The number of amides is 2. The van der Waals surface area contributed by atoms with Gasteiger partial charge < -0.3 is 5.32 Å². The number of para-hydroxylation sites is 1. The molecule has 0 aliphatic heterocycles. The van der Waals surface area contributed by atoms with E-state index >= 15 is 0 Å². The maximum Gasteiger partial charge on any atom is 0.327 e. The zero-order chi connectivity index (χ0) is 14.2. The molecule has 2 amide bonds. The van der Waals surface area contributed by atoms with E-state index in [0.29, 0.717) is 12.2 Å². The third-order valence-corrected chi connectivity index (χ3v) is 2.60. The molecule has 0 spiro atoms. The lowest BCUT2D eigenvalue weighted by molar-refractivity contribution is -0.139. The summed E-state index contributed by atoms with van der Waals surface area (Å²) >= 11 is 0. The van der Waals surface area contributed by atoms with Crippen LogP contribution in [0.15, 0.2) is 60.7 Å². The van der Waals surface area contributed by atoms with Gasteiger partial charge in [-0.05, 0) is 17.7 Å². The average molecular weight is 269 g/mol. The van der Waals surface area contributed by atoms with E-state index in [1.165, 1.54) is 0 Å². The Hall–Kier alpha value is -2.82. The first kappa shape index (κ1) is 13.6.